The van der Waals surface area contributed by atoms with Crippen LogP contribution in [0.25, 0.3) is 0 Å². The lowest BCUT2D eigenvalue weighted by atomic mass is 10.1. The second kappa shape index (κ2) is 8.27. The number of esters is 1. The molecular weight excluding hydrogens is 311 g/mol. The average Bonchev–Trinajstić information content (AvgIpc) is 2.79. The molecule has 0 radical (unpaired) electrons. The van der Waals surface area contributed by atoms with Crippen LogP contribution in [0.2, 0.25) is 0 Å². The van der Waals surface area contributed by atoms with Crippen LogP contribution >= 0.6 is 7.60 Å². The Hall–Kier alpha value is -1.43. The van der Waals surface area contributed by atoms with Gasteiger partial charge in [-0.25, -0.2) is 0 Å². The molecule has 0 N–H and O–H groups in total. The SMILES string of the molecule is CCOP(=O)(Cc1c(C(C)=O)coc1COC(C)=O)OCC. The molecule has 0 unspecified atom stereocenters. The Kier molecular flexibility index (Phi) is 7.00. The van der Waals surface area contributed by atoms with Gasteiger partial charge in [-0.3, -0.25) is 14.2 Å². The molecule has 0 spiro atoms. The highest BCUT2D eigenvalue weighted by molar-refractivity contribution is 7.53. The van der Waals surface area contributed by atoms with Crippen molar-refractivity contribution in [1.82, 2.24) is 0 Å². The van der Waals surface area contributed by atoms with Crippen molar-refractivity contribution in [2.45, 2.75) is 40.5 Å². The van der Waals surface area contributed by atoms with E-state index in [2.05, 4.69) is 0 Å². The molecule has 7 nitrogen and oxygen atoms in total. The summed E-state index contributed by atoms with van der Waals surface area (Å²) in [6.07, 6.45) is 1.15. The van der Waals surface area contributed by atoms with Crippen molar-refractivity contribution in [3.05, 3.63) is 23.2 Å². The molecular formula is C14H21O7P. The van der Waals surface area contributed by atoms with E-state index in [4.69, 9.17) is 18.2 Å². The van der Waals surface area contributed by atoms with Crippen LogP contribution < -0.4 is 0 Å². The molecule has 1 aromatic rings. The minimum Gasteiger partial charge on any atom is -0.465 e. The van der Waals surface area contributed by atoms with Gasteiger partial charge in [0.2, 0.25) is 0 Å². The number of Topliss-reactive ketones (excluding diaryl/α,β-unsaturated/α-hetero) is 1. The van der Waals surface area contributed by atoms with Gasteiger partial charge in [0.15, 0.2) is 5.78 Å². The summed E-state index contributed by atoms with van der Waals surface area (Å²) in [5, 5.41) is 0. The van der Waals surface area contributed by atoms with Gasteiger partial charge in [0.1, 0.15) is 18.6 Å². The molecule has 0 aliphatic heterocycles. The maximum absolute atomic E-state index is 12.6. The zero-order valence-electron chi connectivity index (χ0n) is 13.2. The lowest BCUT2D eigenvalue weighted by Gasteiger charge is -2.17. The first-order valence-corrected chi connectivity index (χ1v) is 8.67. The minimum atomic E-state index is -3.40. The molecule has 0 bridgehead atoms. The van der Waals surface area contributed by atoms with Crippen molar-refractivity contribution in [1.29, 1.82) is 0 Å². The van der Waals surface area contributed by atoms with Crippen molar-refractivity contribution < 1.29 is 32.4 Å². The Bertz CT molecular complexity index is 566. The lowest BCUT2D eigenvalue weighted by Crippen LogP contribution is -2.06. The molecule has 1 heterocycles. The van der Waals surface area contributed by atoms with E-state index in [1.165, 1.54) is 20.1 Å². The first kappa shape index (κ1) is 18.6. The summed E-state index contributed by atoms with van der Waals surface area (Å²) in [5.41, 5.74) is 0.667. The average molecular weight is 332 g/mol. The van der Waals surface area contributed by atoms with E-state index in [1.807, 2.05) is 0 Å². The molecule has 22 heavy (non-hydrogen) atoms. The maximum atomic E-state index is 12.6. The summed E-state index contributed by atoms with van der Waals surface area (Å²) < 4.78 is 33.3. The fourth-order valence-corrected chi connectivity index (χ4v) is 3.67. The number of carbonyl (C=O) groups excluding carboxylic acids is 2. The first-order chi connectivity index (χ1) is 10.3. The molecule has 124 valence electrons. The third kappa shape index (κ3) is 5.09. The summed E-state index contributed by atoms with van der Waals surface area (Å²) in [6, 6.07) is 0. The zero-order valence-corrected chi connectivity index (χ0v) is 14.1. The van der Waals surface area contributed by atoms with Gasteiger partial charge in [0, 0.05) is 12.5 Å². The largest absolute Gasteiger partial charge is 0.465 e. The molecule has 8 heteroatoms. The van der Waals surface area contributed by atoms with Crippen molar-refractivity contribution in [2.24, 2.45) is 0 Å². The third-order valence-corrected chi connectivity index (χ3v) is 4.78. The fourth-order valence-electron chi connectivity index (χ4n) is 1.90. The predicted octanol–water partition coefficient (Wildman–Crippen LogP) is 3.31. The third-order valence-electron chi connectivity index (χ3n) is 2.77. The van der Waals surface area contributed by atoms with E-state index in [-0.39, 0.29) is 43.1 Å². The summed E-state index contributed by atoms with van der Waals surface area (Å²) in [4.78, 5) is 22.6. The highest BCUT2D eigenvalue weighted by atomic mass is 31.2. The normalized spacial score (nSPS) is 11.5. The van der Waals surface area contributed by atoms with Crippen LogP contribution in [0.1, 0.15) is 49.4 Å². The Morgan fingerprint density at radius 1 is 1.18 bits per heavy atom. The van der Waals surface area contributed by atoms with Crippen molar-refractivity contribution >= 4 is 19.3 Å². The van der Waals surface area contributed by atoms with Crippen LogP contribution in [0.15, 0.2) is 10.7 Å². The summed E-state index contributed by atoms with van der Waals surface area (Å²) in [7, 11) is -3.40. The predicted molar refractivity (Wildman–Crippen MR) is 78.7 cm³/mol. The molecule has 0 atom stereocenters. The smallest absolute Gasteiger partial charge is 0.335 e. The standard InChI is InChI=1S/C14H21O7P/c1-5-20-22(17,21-6-2)9-13-12(10(3)15)7-19-14(13)8-18-11(4)16/h7H,5-6,8-9H2,1-4H3. The van der Waals surface area contributed by atoms with E-state index in [0.29, 0.717) is 5.56 Å². The number of furan rings is 1. The van der Waals surface area contributed by atoms with Crippen molar-refractivity contribution in [3.8, 4) is 0 Å². The molecule has 0 aliphatic carbocycles. The van der Waals surface area contributed by atoms with E-state index >= 15 is 0 Å². The maximum Gasteiger partial charge on any atom is 0.335 e. The molecule has 0 amide bonds. The molecule has 0 saturated carbocycles. The topological polar surface area (TPSA) is 92.0 Å². The van der Waals surface area contributed by atoms with Crippen LogP contribution in [0.3, 0.4) is 0 Å². The van der Waals surface area contributed by atoms with Crippen LogP contribution in [0.4, 0.5) is 0 Å². The number of rotatable bonds is 9. The van der Waals surface area contributed by atoms with Crippen molar-refractivity contribution in [3.63, 3.8) is 0 Å². The number of ether oxygens (including phenoxy) is 1. The number of hydrogen-bond acceptors (Lipinski definition) is 7. The Balaban J connectivity index is 3.12. The molecule has 1 aromatic heterocycles. The highest BCUT2D eigenvalue weighted by Crippen LogP contribution is 2.52. The van der Waals surface area contributed by atoms with Gasteiger partial charge in [-0.1, -0.05) is 0 Å². The highest BCUT2D eigenvalue weighted by Gasteiger charge is 2.30. The van der Waals surface area contributed by atoms with Crippen LogP contribution in [-0.4, -0.2) is 25.0 Å². The molecule has 1 rings (SSSR count). The number of hydrogen-bond donors (Lipinski definition) is 0. The van der Waals surface area contributed by atoms with Crippen molar-refractivity contribution in [2.75, 3.05) is 13.2 Å². The van der Waals surface area contributed by atoms with E-state index in [9.17, 15) is 14.2 Å². The second-order valence-corrected chi connectivity index (χ2v) is 6.55. The van der Waals surface area contributed by atoms with E-state index in [1.54, 1.807) is 13.8 Å². The van der Waals surface area contributed by atoms with Gasteiger partial charge in [-0.15, -0.1) is 0 Å². The monoisotopic (exact) mass is 332 g/mol. The van der Waals surface area contributed by atoms with E-state index < -0.39 is 13.6 Å². The van der Waals surface area contributed by atoms with E-state index in [0.717, 1.165) is 0 Å². The summed E-state index contributed by atoms with van der Waals surface area (Å²) in [5.74, 6) is -0.461. The second-order valence-electron chi connectivity index (χ2n) is 4.49. The molecule has 0 aromatic carbocycles. The van der Waals surface area contributed by atoms with Crippen LogP contribution in [-0.2, 0) is 35.9 Å². The number of carbonyl (C=O) groups is 2. The molecule has 0 saturated heterocycles. The minimum absolute atomic E-state index is 0.114. The quantitative estimate of drug-likeness (QED) is 0.389. The Morgan fingerprint density at radius 2 is 1.77 bits per heavy atom. The molecule has 0 fully saturated rings. The van der Waals surface area contributed by atoms with Gasteiger partial charge >= 0.3 is 13.6 Å². The van der Waals surface area contributed by atoms with Gasteiger partial charge < -0.3 is 18.2 Å². The Morgan fingerprint density at radius 3 is 2.23 bits per heavy atom. The number of ketones is 1. The van der Waals surface area contributed by atoms with Crippen LogP contribution in [0, 0.1) is 0 Å². The van der Waals surface area contributed by atoms with Gasteiger partial charge in [-0.05, 0) is 20.8 Å². The summed E-state index contributed by atoms with van der Waals surface area (Å²) >= 11 is 0. The Labute approximate surface area is 129 Å². The zero-order chi connectivity index (χ0) is 16.8. The van der Waals surface area contributed by atoms with Crippen LogP contribution in [0.5, 0.6) is 0 Å². The fraction of sp³-hybridized carbons (Fsp3) is 0.571. The first-order valence-electron chi connectivity index (χ1n) is 6.94. The van der Waals surface area contributed by atoms with Gasteiger partial charge in [0.05, 0.1) is 24.9 Å². The van der Waals surface area contributed by atoms with Gasteiger partial charge in [-0.2, -0.15) is 0 Å². The van der Waals surface area contributed by atoms with Gasteiger partial charge in [0.25, 0.3) is 0 Å². The summed E-state index contributed by atoms with van der Waals surface area (Å²) in [6.45, 7) is 6.32. The molecule has 0 aliphatic rings. The lowest BCUT2D eigenvalue weighted by molar-refractivity contribution is -0.142.